The van der Waals surface area contributed by atoms with Gasteiger partial charge in [0.05, 0.1) is 12.3 Å². The molecule has 5 nitrogen and oxygen atoms in total. The second kappa shape index (κ2) is 7.18. The molecule has 1 aromatic carbocycles. The van der Waals surface area contributed by atoms with Crippen molar-refractivity contribution in [1.82, 2.24) is 4.98 Å². The molecule has 3 N–H and O–H groups in total. The molecular formula is C13H12BrN3O2S. The molecule has 2 rings (SSSR count). The van der Waals surface area contributed by atoms with Gasteiger partial charge in [-0.05, 0) is 30.3 Å². The smallest absolute Gasteiger partial charge is 0.325 e. The molecule has 0 bridgehead atoms. The number of amides is 2. The highest BCUT2D eigenvalue weighted by molar-refractivity contribution is 9.10. The Kier molecular flexibility index (Phi) is 5.28. The number of anilines is 2. The molecule has 20 heavy (non-hydrogen) atoms. The first-order valence-electron chi connectivity index (χ1n) is 5.74. The summed E-state index contributed by atoms with van der Waals surface area (Å²) >= 11 is 4.65. The summed E-state index contributed by atoms with van der Waals surface area (Å²) in [6.45, 7) is -0.0374. The molecule has 0 aliphatic rings. The predicted molar refractivity (Wildman–Crippen MR) is 85.0 cm³/mol. The minimum atomic E-state index is -0.348. The number of aromatic nitrogens is 1. The summed E-state index contributed by atoms with van der Waals surface area (Å²) in [5.74, 6) is 0. The molecule has 0 unspecified atom stereocenters. The van der Waals surface area contributed by atoms with Crippen LogP contribution in [0, 0.1) is 0 Å². The summed E-state index contributed by atoms with van der Waals surface area (Å²) < 4.78 is 0.948. The van der Waals surface area contributed by atoms with E-state index >= 15 is 0 Å². The van der Waals surface area contributed by atoms with Crippen LogP contribution in [0.2, 0.25) is 0 Å². The van der Waals surface area contributed by atoms with E-state index in [1.54, 1.807) is 29.7 Å². The zero-order chi connectivity index (χ0) is 14.4. The molecule has 0 saturated carbocycles. The second-order valence-electron chi connectivity index (χ2n) is 3.75. The minimum absolute atomic E-state index is 0.0374. The second-order valence-corrected chi connectivity index (χ2v) is 5.52. The van der Waals surface area contributed by atoms with Gasteiger partial charge < -0.3 is 10.4 Å². The molecular weight excluding hydrogens is 342 g/mol. The number of carbonyl (C=O) groups is 1. The van der Waals surface area contributed by atoms with E-state index in [4.69, 9.17) is 5.11 Å². The molecule has 1 aromatic heterocycles. The Morgan fingerprint density at radius 2 is 2.10 bits per heavy atom. The number of halogens is 1. The number of rotatable bonds is 4. The van der Waals surface area contributed by atoms with Gasteiger partial charge in [-0.3, -0.25) is 5.32 Å². The van der Waals surface area contributed by atoms with E-state index in [1.165, 1.54) is 11.3 Å². The van der Waals surface area contributed by atoms with E-state index in [9.17, 15) is 4.79 Å². The summed E-state index contributed by atoms with van der Waals surface area (Å²) in [6.07, 6.45) is 3.27. The largest absolute Gasteiger partial charge is 0.392 e. The van der Waals surface area contributed by atoms with Crippen LogP contribution in [0.4, 0.5) is 15.6 Å². The molecule has 2 aromatic rings. The number of hydrogen-bond acceptors (Lipinski definition) is 4. The van der Waals surface area contributed by atoms with Crippen molar-refractivity contribution in [1.29, 1.82) is 0 Å². The summed E-state index contributed by atoms with van der Waals surface area (Å²) in [6, 6.07) is 6.93. The lowest BCUT2D eigenvalue weighted by molar-refractivity contribution is 0.262. The molecule has 2 amide bonds. The van der Waals surface area contributed by atoms with Crippen molar-refractivity contribution in [2.75, 3.05) is 17.2 Å². The van der Waals surface area contributed by atoms with Crippen LogP contribution in [-0.2, 0) is 0 Å². The van der Waals surface area contributed by atoms with Gasteiger partial charge in [-0.25, -0.2) is 9.78 Å². The molecule has 0 aliphatic heterocycles. The summed E-state index contributed by atoms with van der Waals surface area (Å²) in [4.78, 5) is 15.9. The molecule has 104 valence electrons. The Morgan fingerprint density at radius 3 is 2.80 bits per heavy atom. The molecule has 0 radical (unpaired) electrons. The van der Waals surface area contributed by atoms with E-state index in [1.807, 2.05) is 12.1 Å². The highest BCUT2D eigenvalue weighted by atomic mass is 79.9. The molecule has 0 atom stereocenters. The van der Waals surface area contributed by atoms with E-state index in [-0.39, 0.29) is 12.6 Å². The van der Waals surface area contributed by atoms with Crippen LogP contribution < -0.4 is 10.6 Å². The van der Waals surface area contributed by atoms with E-state index in [0.29, 0.717) is 16.5 Å². The molecule has 7 heteroatoms. The first-order chi connectivity index (χ1) is 9.67. The topological polar surface area (TPSA) is 74.2 Å². The maximum Gasteiger partial charge on any atom is 0.325 e. The van der Waals surface area contributed by atoms with Crippen molar-refractivity contribution in [3.8, 4) is 0 Å². The lowest BCUT2D eigenvalue weighted by Gasteiger charge is -2.05. The molecule has 1 heterocycles. The van der Waals surface area contributed by atoms with Gasteiger partial charge in [0.2, 0.25) is 0 Å². The fraction of sp³-hybridized carbons (Fsp3) is 0.0769. The Labute approximate surface area is 128 Å². The van der Waals surface area contributed by atoms with Gasteiger partial charge in [-0.15, -0.1) is 11.3 Å². The van der Waals surface area contributed by atoms with Gasteiger partial charge in [0.25, 0.3) is 0 Å². The normalized spacial score (nSPS) is 10.7. The minimum Gasteiger partial charge on any atom is -0.392 e. The number of nitrogens with one attached hydrogen (secondary N) is 2. The van der Waals surface area contributed by atoms with Crippen LogP contribution in [0.1, 0.15) is 5.69 Å². The van der Waals surface area contributed by atoms with E-state index in [2.05, 4.69) is 31.5 Å². The number of thiazole rings is 1. The van der Waals surface area contributed by atoms with Crippen molar-refractivity contribution >= 4 is 50.2 Å². The van der Waals surface area contributed by atoms with Crippen LogP contribution in [0.5, 0.6) is 0 Å². The number of benzene rings is 1. The number of urea groups is 1. The molecule has 0 fully saturated rings. The van der Waals surface area contributed by atoms with Crippen molar-refractivity contribution in [3.63, 3.8) is 0 Å². The van der Waals surface area contributed by atoms with Gasteiger partial charge in [-0.2, -0.15) is 0 Å². The van der Waals surface area contributed by atoms with Gasteiger partial charge >= 0.3 is 6.03 Å². The van der Waals surface area contributed by atoms with Crippen molar-refractivity contribution < 1.29 is 9.90 Å². The Morgan fingerprint density at radius 1 is 1.35 bits per heavy atom. The zero-order valence-corrected chi connectivity index (χ0v) is 12.7. The fourth-order valence-corrected chi connectivity index (χ4v) is 2.32. The Balaban J connectivity index is 1.92. The Bertz CT molecular complexity index is 610. The average molecular weight is 354 g/mol. The molecule has 0 spiro atoms. The first-order valence-corrected chi connectivity index (χ1v) is 7.41. The van der Waals surface area contributed by atoms with Crippen LogP contribution in [0.15, 0.2) is 40.2 Å². The average Bonchev–Trinajstić information content (AvgIpc) is 2.86. The summed E-state index contributed by atoms with van der Waals surface area (Å²) in [5, 5.41) is 16.3. The van der Waals surface area contributed by atoms with Gasteiger partial charge in [0.15, 0.2) is 5.13 Å². The number of aliphatic hydroxyl groups is 1. The summed E-state index contributed by atoms with van der Waals surface area (Å²) in [5.41, 5.74) is 1.39. The number of nitrogens with zero attached hydrogens (tertiary/aromatic N) is 1. The lowest BCUT2D eigenvalue weighted by atomic mass is 10.3. The van der Waals surface area contributed by atoms with Gasteiger partial charge in [0.1, 0.15) is 0 Å². The maximum atomic E-state index is 11.8. The predicted octanol–water partition coefficient (Wildman–Crippen LogP) is 3.56. The summed E-state index contributed by atoms with van der Waals surface area (Å²) in [7, 11) is 0. The van der Waals surface area contributed by atoms with Gasteiger partial charge in [0, 0.05) is 15.5 Å². The molecule has 0 saturated heterocycles. The van der Waals surface area contributed by atoms with Crippen LogP contribution in [0.3, 0.4) is 0 Å². The van der Waals surface area contributed by atoms with E-state index < -0.39 is 0 Å². The third-order valence-electron chi connectivity index (χ3n) is 2.24. The standard InChI is InChI=1S/C13H12BrN3O2S/c14-9-3-5-10(6-4-9)15-12(19)17-13-16-11(8-20-13)2-1-7-18/h1-6,8,18H,7H2,(H2,15,16,17,19)/b2-1+. The monoisotopic (exact) mass is 353 g/mol. The van der Waals surface area contributed by atoms with Crippen molar-refractivity contribution in [3.05, 3.63) is 45.9 Å². The number of carbonyl (C=O) groups excluding carboxylic acids is 1. The first kappa shape index (κ1) is 14.7. The third-order valence-corrected chi connectivity index (χ3v) is 3.54. The quantitative estimate of drug-likeness (QED) is 0.786. The number of hydrogen-bond donors (Lipinski definition) is 3. The van der Waals surface area contributed by atoms with E-state index in [0.717, 1.165) is 4.47 Å². The van der Waals surface area contributed by atoms with Crippen LogP contribution in [-0.4, -0.2) is 22.7 Å². The Hall–Kier alpha value is -1.70. The number of aliphatic hydroxyl groups excluding tert-OH is 1. The van der Waals surface area contributed by atoms with Crippen LogP contribution >= 0.6 is 27.3 Å². The highest BCUT2D eigenvalue weighted by Crippen LogP contribution is 2.18. The van der Waals surface area contributed by atoms with Crippen molar-refractivity contribution in [2.24, 2.45) is 0 Å². The van der Waals surface area contributed by atoms with Gasteiger partial charge in [-0.1, -0.05) is 22.0 Å². The zero-order valence-electron chi connectivity index (χ0n) is 10.3. The van der Waals surface area contributed by atoms with Crippen LogP contribution in [0.25, 0.3) is 6.08 Å². The highest BCUT2D eigenvalue weighted by Gasteiger charge is 2.05. The SMILES string of the molecule is O=C(Nc1ccc(Br)cc1)Nc1nc(/C=C/CO)cs1. The lowest BCUT2D eigenvalue weighted by Crippen LogP contribution is -2.19. The third kappa shape index (κ3) is 4.44. The van der Waals surface area contributed by atoms with Crippen molar-refractivity contribution in [2.45, 2.75) is 0 Å². The maximum absolute atomic E-state index is 11.8. The fourth-order valence-electron chi connectivity index (χ4n) is 1.39. The molecule has 0 aliphatic carbocycles.